The standard InChI is InChI=1S/C21H33N5O2S.HI/c1-3-15-29(27,28)26-13-10-18(11-14-26)25-21(22-2)23-12-6-7-17-16-24-20-9-5-4-8-19(17)20;/h4-5,8-9,16,18,24H,3,6-7,10-15H2,1-2H3,(H2,22,23,25);1H. The molecule has 30 heavy (non-hydrogen) atoms. The summed E-state index contributed by atoms with van der Waals surface area (Å²) in [7, 11) is -1.31. The summed E-state index contributed by atoms with van der Waals surface area (Å²) in [6, 6.07) is 8.62. The van der Waals surface area contributed by atoms with Gasteiger partial charge in [-0.1, -0.05) is 25.1 Å². The zero-order chi connectivity index (χ0) is 20.7. The number of hydrogen-bond acceptors (Lipinski definition) is 3. The van der Waals surface area contributed by atoms with E-state index in [0.717, 1.165) is 38.2 Å². The molecule has 3 N–H and O–H groups in total. The molecule has 0 bridgehead atoms. The van der Waals surface area contributed by atoms with Crippen molar-refractivity contribution >= 4 is 50.9 Å². The van der Waals surface area contributed by atoms with Gasteiger partial charge in [0.25, 0.3) is 0 Å². The molecule has 0 atom stereocenters. The summed E-state index contributed by atoms with van der Waals surface area (Å²) in [5.74, 6) is 1.03. The van der Waals surface area contributed by atoms with E-state index in [0.29, 0.717) is 19.5 Å². The van der Waals surface area contributed by atoms with E-state index in [-0.39, 0.29) is 35.8 Å². The molecule has 0 amide bonds. The first-order valence-corrected chi connectivity index (χ1v) is 12.1. The lowest BCUT2D eigenvalue weighted by Crippen LogP contribution is -2.50. The number of para-hydroxylation sites is 1. The van der Waals surface area contributed by atoms with E-state index in [1.54, 1.807) is 11.4 Å². The Bertz CT molecular complexity index is 920. The molecule has 1 aliphatic heterocycles. The number of guanidine groups is 1. The first-order valence-electron chi connectivity index (χ1n) is 10.5. The molecule has 0 saturated carbocycles. The van der Waals surface area contributed by atoms with Crippen LogP contribution in [0.2, 0.25) is 0 Å². The highest BCUT2D eigenvalue weighted by atomic mass is 127. The number of benzene rings is 1. The van der Waals surface area contributed by atoms with E-state index in [4.69, 9.17) is 0 Å². The van der Waals surface area contributed by atoms with Crippen molar-refractivity contribution in [3.8, 4) is 0 Å². The van der Waals surface area contributed by atoms with E-state index in [1.807, 2.05) is 13.0 Å². The van der Waals surface area contributed by atoms with Crippen molar-refractivity contribution in [2.45, 2.75) is 45.1 Å². The number of piperidine rings is 1. The second-order valence-corrected chi connectivity index (χ2v) is 9.68. The minimum absolute atomic E-state index is 0. The van der Waals surface area contributed by atoms with Crippen molar-refractivity contribution in [1.82, 2.24) is 19.9 Å². The third-order valence-corrected chi connectivity index (χ3v) is 7.54. The van der Waals surface area contributed by atoms with Gasteiger partial charge in [-0.25, -0.2) is 12.7 Å². The Kier molecular flexibility index (Phi) is 9.89. The number of sulfonamides is 1. The molecule has 3 rings (SSSR count). The molecule has 168 valence electrons. The fourth-order valence-corrected chi connectivity index (χ4v) is 5.42. The number of aliphatic imine (C=N–C) groups is 1. The third-order valence-electron chi connectivity index (χ3n) is 5.46. The fraction of sp³-hybridized carbons (Fsp3) is 0.571. The van der Waals surface area contributed by atoms with E-state index in [9.17, 15) is 8.42 Å². The van der Waals surface area contributed by atoms with Crippen LogP contribution in [0.1, 0.15) is 38.2 Å². The highest BCUT2D eigenvalue weighted by molar-refractivity contribution is 14.0. The average molecular weight is 548 g/mol. The molecule has 0 radical (unpaired) electrons. The number of nitrogens with zero attached hydrogens (tertiary/aromatic N) is 2. The zero-order valence-electron chi connectivity index (χ0n) is 17.9. The molecule has 1 aliphatic rings. The van der Waals surface area contributed by atoms with Crippen LogP contribution in [0.4, 0.5) is 0 Å². The molecule has 9 heteroatoms. The molecule has 0 aliphatic carbocycles. The van der Waals surface area contributed by atoms with Gasteiger partial charge in [0, 0.05) is 49.8 Å². The number of aryl methyl sites for hydroxylation is 1. The Balaban J connectivity index is 0.00000320. The van der Waals surface area contributed by atoms with Crippen LogP contribution in [0.15, 0.2) is 35.5 Å². The van der Waals surface area contributed by atoms with Gasteiger partial charge in [-0.2, -0.15) is 0 Å². The number of halogens is 1. The molecule has 2 heterocycles. The maximum atomic E-state index is 12.2. The third kappa shape index (κ3) is 6.58. The van der Waals surface area contributed by atoms with Gasteiger partial charge in [0.05, 0.1) is 5.75 Å². The van der Waals surface area contributed by atoms with Gasteiger partial charge >= 0.3 is 0 Å². The first-order chi connectivity index (χ1) is 14.0. The molecule has 0 unspecified atom stereocenters. The summed E-state index contributed by atoms with van der Waals surface area (Å²) in [6.45, 7) is 3.90. The van der Waals surface area contributed by atoms with E-state index >= 15 is 0 Å². The lowest BCUT2D eigenvalue weighted by Gasteiger charge is -2.32. The second-order valence-electron chi connectivity index (χ2n) is 7.60. The summed E-state index contributed by atoms with van der Waals surface area (Å²) >= 11 is 0. The van der Waals surface area contributed by atoms with Crippen LogP contribution in [0.3, 0.4) is 0 Å². The lowest BCUT2D eigenvalue weighted by molar-refractivity contribution is 0.306. The van der Waals surface area contributed by atoms with E-state index in [2.05, 4.69) is 45.0 Å². The summed E-state index contributed by atoms with van der Waals surface area (Å²) in [6.07, 6.45) is 6.38. The van der Waals surface area contributed by atoms with Crippen LogP contribution in [-0.4, -0.2) is 62.1 Å². The average Bonchev–Trinajstić information content (AvgIpc) is 3.14. The largest absolute Gasteiger partial charge is 0.361 e. The van der Waals surface area contributed by atoms with Gasteiger partial charge in [0.2, 0.25) is 10.0 Å². The maximum absolute atomic E-state index is 12.2. The smallest absolute Gasteiger partial charge is 0.214 e. The van der Waals surface area contributed by atoms with Gasteiger partial charge in [0.1, 0.15) is 0 Å². The fourth-order valence-electron chi connectivity index (χ4n) is 3.88. The molecular formula is C21H34IN5O2S. The van der Waals surface area contributed by atoms with Crippen LogP contribution in [0.25, 0.3) is 10.9 Å². The molecule has 0 spiro atoms. The minimum atomic E-state index is -3.09. The predicted octanol–water partition coefficient (Wildman–Crippen LogP) is 3.09. The number of nitrogens with one attached hydrogen (secondary N) is 3. The van der Waals surface area contributed by atoms with Crippen molar-refractivity contribution in [3.05, 3.63) is 36.0 Å². The SMILES string of the molecule is CCCS(=O)(=O)N1CCC(NC(=NC)NCCCc2c[nH]c3ccccc23)CC1.I. The van der Waals surface area contributed by atoms with Crippen molar-refractivity contribution < 1.29 is 8.42 Å². The van der Waals surface area contributed by atoms with Gasteiger partial charge in [-0.3, -0.25) is 4.99 Å². The summed E-state index contributed by atoms with van der Waals surface area (Å²) < 4.78 is 26.0. The Labute approximate surface area is 197 Å². The van der Waals surface area contributed by atoms with Crippen molar-refractivity contribution in [2.24, 2.45) is 4.99 Å². The number of rotatable bonds is 8. The van der Waals surface area contributed by atoms with Gasteiger partial charge in [0.15, 0.2) is 5.96 Å². The Morgan fingerprint density at radius 1 is 1.27 bits per heavy atom. The van der Waals surface area contributed by atoms with Crippen molar-refractivity contribution in [3.63, 3.8) is 0 Å². The first kappa shape index (κ1) is 24.9. The highest BCUT2D eigenvalue weighted by Crippen LogP contribution is 2.19. The van der Waals surface area contributed by atoms with Crippen LogP contribution >= 0.6 is 24.0 Å². The quantitative estimate of drug-likeness (QED) is 0.205. The number of H-pyrrole nitrogens is 1. The van der Waals surface area contributed by atoms with E-state index < -0.39 is 10.0 Å². The maximum Gasteiger partial charge on any atom is 0.214 e. The van der Waals surface area contributed by atoms with Crippen LogP contribution in [0.5, 0.6) is 0 Å². The summed E-state index contributed by atoms with van der Waals surface area (Å²) in [4.78, 5) is 7.64. The summed E-state index contributed by atoms with van der Waals surface area (Å²) in [5.41, 5.74) is 2.52. The molecule has 1 aromatic carbocycles. The van der Waals surface area contributed by atoms with Crippen molar-refractivity contribution in [2.75, 3.05) is 32.4 Å². The molecule has 1 fully saturated rings. The van der Waals surface area contributed by atoms with Crippen LogP contribution in [-0.2, 0) is 16.4 Å². The van der Waals surface area contributed by atoms with Gasteiger partial charge in [-0.05, 0) is 43.7 Å². The Morgan fingerprint density at radius 2 is 2.00 bits per heavy atom. The predicted molar refractivity (Wildman–Crippen MR) is 135 cm³/mol. The molecular weight excluding hydrogens is 513 g/mol. The topological polar surface area (TPSA) is 89.6 Å². The van der Waals surface area contributed by atoms with E-state index in [1.165, 1.54) is 16.5 Å². The number of aromatic nitrogens is 1. The van der Waals surface area contributed by atoms with Gasteiger partial charge < -0.3 is 15.6 Å². The van der Waals surface area contributed by atoms with Crippen molar-refractivity contribution in [1.29, 1.82) is 0 Å². The summed E-state index contributed by atoms with van der Waals surface area (Å²) in [5, 5.41) is 8.12. The highest BCUT2D eigenvalue weighted by Gasteiger charge is 2.27. The number of aromatic amines is 1. The zero-order valence-corrected chi connectivity index (χ0v) is 21.0. The normalized spacial score (nSPS) is 16.4. The minimum Gasteiger partial charge on any atom is -0.361 e. The monoisotopic (exact) mass is 547 g/mol. The van der Waals surface area contributed by atoms with Crippen LogP contribution < -0.4 is 10.6 Å². The number of hydrogen-bond donors (Lipinski definition) is 3. The lowest BCUT2D eigenvalue weighted by atomic mass is 10.1. The Morgan fingerprint density at radius 3 is 2.70 bits per heavy atom. The molecule has 1 aromatic heterocycles. The second kappa shape index (κ2) is 11.9. The Hall–Kier alpha value is -1.33. The molecule has 7 nitrogen and oxygen atoms in total. The molecule has 1 saturated heterocycles. The van der Waals surface area contributed by atoms with Gasteiger partial charge in [-0.15, -0.1) is 24.0 Å². The van der Waals surface area contributed by atoms with Crippen LogP contribution in [0, 0.1) is 0 Å². The molecule has 2 aromatic rings. The number of fused-ring (bicyclic) bond motifs is 1.